The third kappa shape index (κ3) is 3.89. The van der Waals surface area contributed by atoms with E-state index in [1.54, 1.807) is 0 Å². The predicted molar refractivity (Wildman–Crippen MR) is 133 cm³/mol. The molecule has 1 aliphatic heterocycles. The van der Waals surface area contributed by atoms with Crippen molar-refractivity contribution in [2.45, 2.75) is 45.1 Å². The number of aromatic nitrogens is 4. The number of fused-ring (bicyclic) bond motifs is 2. The maximum Gasteiger partial charge on any atom is 0.224 e. The molecule has 3 heterocycles. The number of rotatable bonds is 4. The molecule has 2 aromatic carbocycles. The summed E-state index contributed by atoms with van der Waals surface area (Å²) in [6.45, 7) is 4.29. The standard InChI is InChI=1S/C27H30N6/c1-18-8-11-23-24(15-18)33(26(30-23)21-10-9-19-5-3-6-20(19)16-21)25-12-13-28-27(31-25)29-22-7-4-14-32(2)17-22/h8-13,15-16,22H,3-7,14,17H2,1-2H3,(H,28,29,31)/t22-/m0/s1. The summed E-state index contributed by atoms with van der Waals surface area (Å²) in [6.07, 6.45) is 7.77. The Kier molecular flexibility index (Phi) is 5.10. The number of hydrogen-bond donors (Lipinski definition) is 1. The highest BCUT2D eigenvalue weighted by Crippen LogP contribution is 2.32. The van der Waals surface area contributed by atoms with Crippen LogP contribution in [0.3, 0.4) is 0 Å². The van der Waals surface area contributed by atoms with Crippen LogP contribution >= 0.6 is 0 Å². The molecule has 33 heavy (non-hydrogen) atoms. The number of benzene rings is 2. The Balaban J connectivity index is 1.45. The molecule has 168 valence electrons. The SMILES string of the molecule is Cc1ccc2nc(-c3ccc4c(c3)CCC4)n(-c3ccnc(N[C@H]4CCCN(C)C4)n3)c2c1. The summed E-state index contributed by atoms with van der Waals surface area (Å²) in [6, 6.07) is 15.6. The Bertz CT molecular complexity index is 1320. The second kappa shape index (κ2) is 8.27. The molecule has 1 aliphatic carbocycles. The van der Waals surface area contributed by atoms with Crippen LogP contribution in [0.2, 0.25) is 0 Å². The van der Waals surface area contributed by atoms with Gasteiger partial charge >= 0.3 is 0 Å². The first-order chi connectivity index (χ1) is 16.1. The normalized spacial score (nSPS) is 18.5. The van der Waals surface area contributed by atoms with Crippen molar-refractivity contribution in [3.63, 3.8) is 0 Å². The van der Waals surface area contributed by atoms with Gasteiger partial charge in [-0.2, -0.15) is 4.98 Å². The average molecular weight is 439 g/mol. The number of piperidine rings is 1. The maximum absolute atomic E-state index is 5.06. The number of hydrogen-bond acceptors (Lipinski definition) is 5. The van der Waals surface area contributed by atoms with Crippen LogP contribution < -0.4 is 5.32 Å². The third-order valence-corrected chi connectivity index (χ3v) is 6.99. The molecule has 0 radical (unpaired) electrons. The molecular formula is C27H30N6. The molecule has 2 aromatic heterocycles. The van der Waals surface area contributed by atoms with E-state index >= 15 is 0 Å². The van der Waals surface area contributed by atoms with Gasteiger partial charge < -0.3 is 10.2 Å². The lowest BCUT2D eigenvalue weighted by Gasteiger charge is -2.30. The van der Waals surface area contributed by atoms with Gasteiger partial charge in [0.05, 0.1) is 11.0 Å². The van der Waals surface area contributed by atoms with E-state index in [-0.39, 0.29) is 0 Å². The van der Waals surface area contributed by atoms with Crippen molar-refractivity contribution in [1.29, 1.82) is 0 Å². The van der Waals surface area contributed by atoms with Crippen molar-refractivity contribution >= 4 is 17.0 Å². The van der Waals surface area contributed by atoms with E-state index in [9.17, 15) is 0 Å². The summed E-state index contributed by atoms with van der Waals surface area (Å²) >= 11 is 0. The Hall–Kier alpha value is -3.25. The molecule has 2 aliphatic rings. The van der Waals surface area contributed by atoms with Gasteiger partial charge in [0.25, 0.3) is 0 Å². The molecule has 0 spiro atoms. The van der Waals surface area contributed by atoms with Gasteiger partial charge in [-0.1, -0.05) is 18.2 Å². The molecule has 6 rings (SSSR count). The van der Waals surface area contributed by atoms with Crippen molar-refractivity contribution in [2.24, 2.45) is 0 Å². The number of nitrogens with zero attached hydrogens (tertiary/aromatic N) is 5. The summed E-state index contributed by atoms with van der Waals surface area (Å²) < 4.78 is 2.19. The second-order valence-corrected chi connectivity index (χ2v) is 9.58. The van der Waals surface area contributed by atoms with Crippen LogP contribution in [-0.2, 0) is 12.8 Å². The highest BCUT2D eigenvalue weighted by molar-refractivity contribution is 5.83. The molecule has 1 fully saturated rings. The lowest BCUT2D eigenvalue weighted by atomic mass is 10.1. The maximum atomic E-state index is 5.06. The molecule has 1 N–H and O–H groups in total. The molecule has 1 atom stereocenters. The zero-order valence-corrected chi connectivity index (χ0v) is 19.4. The van der Waals surface area contributed by atoms with Gasteiger partial charge in [0.15, 0.2) is 0 Å². The fourth-order valence-electron chi connectivity index (χ4n) is 5.33. The number of likely N-dealkylation sites (tertiary alicyclic amines) is 1. The first-order valence-electron chi connectivity index (χ1n) is 12.0. The van der Waals surface area contributed by atoms with Crippen molar-refractivity contribution < 1.29 is 0 Å². The van der Waals surface area contributed by atoms with Gasteiger partial charge in [-0.05, 0) is 93.6 Å². The molecule has 6 heteroatoms. The van der Waals surface area contributed by atoms with Gasteiger partial charge in [0, 0.05) is 24.3 Å². The summed E-state index contributed by atoms with van der Waals surface area (Å²) in [5.41, 5.74) is 7.34. The molecule has 0 unspecified atom stereocenters. The summed E-state index contributed by atoms with van der Waals surface area (Å²) in [5.74, 6) is 2.47. The number of nitrogens with one attached hydrogen (secondary N) is 1. The zero-order chi connectivity index (χ0) is 22.4. The second-order valence-electron chi connectivity index (χ2n) is 9.58. The highest BCUT2D eigenvalue weighted by atomic mass is 15.2. The van der Waals surface area contributed by atoms with Crippen LogP contribution in [0.4, 0.5) is 5.95 Å². The third-order valence-electron chi connectivity index (χ3n) is 6.99. The van der Waals surface area contributed by atoms with Crippen molar-refractivity contribution in [3.8, 4) is 17.2 Å². The van der Waals surface area contributed by atoms with E-state index in [1.165, 1.54) is 36.0 Å². The minimum absolute atomic E-state index is 0.372. The Morgan fingerprint density at radius 2 is 1.88 bits per heavy atom. The predicted octanol–water partition coefficient (Wildman–Crippen LogP) is 4.79. The Morgan fingerprint density at radius 1 is 0.970 bits per heavy atom. The molecule has 1 saturated heterocycles. The minimum Gasteiger partial charge on any atom is -0.350 e. The molecule has 4 aromatic rings. The summed E-state index contributed by atoms with van der Waals surface area (Å²) in [7, 11) is 2.17. The fraction of sp³-hybridized carbons (Fsp3) is 0.370. The van der Waals surface area contributed by atoms with E-state index < -0.39 is 0 Å². The highest BCUT2D eigenvalue weighted by Gasteiger charge is 2.20. The van der Waals surface area contributed by atoms with Gasteiger partial charge in [-0.15, -0.1) is 0 Å². The van der Waals surface area contributed by atoms with E-state index in [2.05, 4.69) is 70.1 Å². The van der Waals surface area contributed by atoms with Crippen LogP contribution in [0, 0.1) is 6.92 Å². The summed E-state index contributed by atoms with van der Waals surface area (Å²) in [4.78, 5) is 16.9. The van der Waals surface area contributed by atoms with Crippen LogP contribution in [0.25, 0.3) is 28.2 Å². The van der Waals surface area contributed by atoms with Gasteiger partial charge in [-0.3, -0.25) is 4.57 Å². The smallest absolute Gasteiger partial charge is 0.224 e. The van der Waals surface area contributed by atoms with E-state index in [0.717, 1.165) is 54.2 Å². The minimum atomic E-state index is 0.372. The molecule has 0 saturated carbocycles. The van der Waals surface area contributed by atoms with Gasteiger partial charge in [0.2, 0.25) is 5.95 Å². The zero-order valence-electron chi connectivity index (χ0n) is 19.4. The van der Waals surface area contributed by atoms with E-state index in [0.29, 0.717) is 12.0 Å². The fourth-order valence-corrected chi connectivity index (χ4v) is 5.33. The lowest BCUT2D eigenvalue weighted by molar-refractivity contribution is 0.260. The quantitative estimate of drug-likeness (QED) is 0.497. The Labute approximate surface area is 194 Å². The molecule has 0 amide bonds. The van der Waals surface area contributed by atoms with Crippen LogP contribution in [0.15, 0.2) is 48.7 Å². The number of aryl methyl sites for hydroxylation is 3. The molecule has 6 nitrogen and oxygen atoms in total. The topological polar surface area (TPSA) is 58.9 Å². The van der Waals surface area contributed by atoms with E-state index in [1.807, 2.05) is 12.3 Å². The van der Waals surface area contributed by atoms with Crippen LogP contribution in [-0.4, -0.2) is 50.6 Å². The van der Waals surface area contributed by atoms with Gasteiger partial charge in [-0.25, -0.2) is 9.97 Å². The first kappa shape index (κ1) is 20.4. The van der Waals surface area contributed by atoms with Gasteiger partial charge in [0.1, 0.15) is 11.6 Å². The number of imidazole rings is 1. The van der Waals surface area contributed by atoms with E-state index in [4.69, 9.17) is 9.97 Å². The molecule has 0 bridgehead atoms. The number of anilines is 1. The average Bonchev–Trinajstić information content (AvgIpc) is 3.43. The van der Waals surface area contributed by atoms with Crippen LogP contribution in [0.1, 0.15) is 36.0 Å². The van der Waals surface area contributed by atoms with Crippen molar-refractivity contribution in [2.75, 3.05) is 25.5 Å². The molecular weight excluding hydrogens is 408 g/mol. The van der Waals surface area contributed by atoms with Crippen molar-refractivity contribution in [1.82, 2.24) is 24.4 Å². The van der Waals surface area contributed by atoms with Crippen molar-refractivity contribution in [3.05, 3.63) is 65.4 Å². The Morgan fingerprint density at radius 3 is 2.79 bits per heavy atom. The largest absolute Gasteiger partial charge is 0.350 e. The monoisotopic (exact) mass is 438 g/mol. The van der Waals surface area contributed by atoms with Crippen LogP contribution in [0.5, 0.6) is 0 Å². The number of likely N-dealkylation sites (N-methyl/N-ethyl adjacent to an activating group) is 1. The summed E-state index contributed by atoms with van der Waals surface area (Å²) in [5, 5.41) is 3.57. The first-order valence-corrected chi connectivity index (χ1v) is 12.0. The lowest BCUT2D eigenvalue weighted by Crippen LogP contribution is -2.40.